The lowest BCUT2D eigenvalue weighted by molar-refractivity contribution is 0.0942. The number of hydrogen-bond acceptors (Lipinski definition) is 2. The summed E-state index contributed by atoms with van der Waals surface area (Å²) in [6.45, 7) is 2.47. The van der Waals surface area contributed by atoms with Gasteiger partial charge in [-0.2, -0.15) is 0 Å². The van der Waals surface area contributed by atoms with Gasteiger partial charge in [-0.05, 0) is 18.1 Å². The minimum Gasteiger partial charge on any atom is -0.496 e. The van der Waals surface area contributed by atoms with Crippen LogP contribution in [0.15, 0.2) is 18.2 Å². The van der Waals surface area contributed by atoms with Crippen LogP contribution < -0.4 is 10.1 Å². The Labute approximate surface area is 108 Å². The molecule has 1 rings (SSSR count). The maximum atomic E-state index is 13.5. The molecule has 0 aromatic heterocycles. The van der Waals surface area contributed by atoms with E-state index in [4.69, 9.17) is 4.74 Å². The Morgan fingerprint density at radius 3 is 2.88 bits per heavy atom. The minimum atomic E-state index is -0.576. The van der Waals surface area contributed by atoms with Crippen molar-refractivity contribution in [3.8, 4) is 5.75 Å². The molecule has 0 aliphatic heterocycles. The quantitative estimate of drug-likeness (QED) is 0.849. The molecule has 0 spiro atoms. The fraction of sp³-hybridized carbons (Fsp3) is 0.417. The number of halogens is 2. The molecule has 1 unspecified atom stereocenters. The third-order valence-corrected chi connectivity index (χ3v) is 3.40. The summed E-state index contributed by atoms with van der Waals surface area (Å²) in [6, 6.07) is 4.31. The maximum absolute atomic E-state index is 13.5. The van der Waals surface area contributed by atoms with Crippen molar-refractivity contribution in [2.45, 2.75) is 6.92 Å². The average molecular weight is 304 g/mol. The average Bonchev–Trinajstić information content (AvgIpc) is 2.34. The van der Waals surface area contributed by atoms with E-state index in [2.05, 4.69) is 21.2 Å². The molecular weight excluding hydrogens is 289 g/mol. The summed E-state index contributed by atoms with van der Waals surface area (Å²) in [5.41, 5.74) is -0.0447. The summed E-state index contributed by atoms with van der Waals surface area (Å²) in [5, 5.41) is 3.46. The van der Waals surface area contributed by atoms with E-state index >= 15 is 0 Å². The van der Waals surface area contributed by atoms with Crippen molar-refractivity contribution in [1.29, 1.82) is 0 Å². The third kappa shape index (κ3) is 3.70. The van der Waals surface area contributed by atoms with Crippen LogP contribution in [-0.2, 0) is 0 Å². The van der Waals surface area contributed by atoms with Crippen LogP contribution in [0.1, 0.15) is 17.3 Å². The molecule has 1 amide bonds. The van der Waals surface area contributed by atoms with Gasteiger partial charge in [-0.15, -0.1) is 0 Å². The van der Waals surface area contributed by atoms with Crippen molar-refractivity contribution < 1.29 is 13.9 Å². The number of benzene rings is 1. The summed E-state index contributed by atoms with van der Waals surface area (Å²) in [4.78, 5) is 11.8. The van der Waals surface area contributed by atoms with Crippen LogP contribution in [0.25, 0.3) is 0 Å². The van der Waals surface area contributed by atoms with Crippen LogP contribution in [0.5, 0.6) is 5.75 Å². The fourth-order valence-corrected chi connectivity index (χ4v) is 1.53. The van der Waals surface area contributed by atoms with Gasteiger partial charge in [0.1, 0.15) is 17.1 Å². The highest BCUT2D eigenvalue weighted by atomic mass is 79.9. The molecule has 5 heteroatoms. The van der Waals surface area contributed by atoms with Crippen LogP contribution in [-0.4, -0.2) is 24.9 Å². The Balaban J connectivity index is 2.81. The Morgan fingerprint density at radius 2 is 2.29 bits per heavy atom. The highest BCUT2D eigenvalue weighted by molar-refractivity contribution is 9.09. The predicted molar refractivity (Wildman–Crippen MR) is 68.2 cm³/mol. The van der Waals surface area contributed by atoms with Gasteiger partial charge in [0.05, 0.1) is 7.11 Å². The van der Waals surface area contributed by atoms with Crippen molar-refractivity contribution in [2.24, 2.45) is 5.92 Å². The second kappa shape index (κ2) is 6.59. The van der Waals surface area contributed by atoms with Crippen LogP contribution in [0.3, 0.4) is 0 Å². The van der Waals surface area contributed by atoms with E-state index in [9.17, 15) is 9.18 Å². The van der Waals surface area contributed by atoms with Crippen molar-refractivity contribution in [2.75, 3.05) is 19.0 Å². The van der Waals surface area contributed by atoms with E-state index < -0.39 is 11.7 Å². The number of methoxy groups -OCH3 is 1. The molecule has 0 heterocycles. The second-order valence-electron chi connectivity index (χ2n) is 3.79. The first-order valence-corrected chi connectivity index (χ1v) is 6.39. The molecule has 1 aromatic carbocycles. The van der Waals surface area contributed by atoms with Crippen molar-refractivity contribution >= 4 is 21.8 Å². The molecule has 0 aliphatic rings. The van der Waals surface area contributed by atoms with E-state index in [-0.39, 0.29) is 17.2 Å². The number of amides is 1. The molecule has 0 bridgehead atoms. The van der Waals surface area contributed by atoms with Gasteiger partial charge in [0.15, 0.2) is 0 Å². The first-order chi connectivity index (χ1) is 8.10. The molecule has 1 aromatic rings. The molecule has 1 atom stereocenters. The first-order valence-electron chi connectivity index (χ1n) is 5.26. The monoisotopic (exact) mass is 303 g/mol. The van der Waals surface area contributed by atoms with Gasteiger partial charge in [0.2, 0.25) is 0 Å². The summed E-state index contributed by atoms with van der Waals surface area (Å²) in [7, 11) is 1.41. The van der Waals surface area contributed by atoms with E-state index in [1.807, 2.05) is 6.92 Å². The molecular formula is C12H15BrFNO2. The van der Waals surface area contributed by atoms with Crippen molar-refractivity contribution in [1.82, 2.24) is 5.32 Å². The summed E-state index contributed by atoms with van der Waals surface area (Å²) >= 11 is 3.31. The fourth-order valence-electron chi connectivity index (χ4n) is 1.30. The van der Waals surface area contributed by atoms with E-state index in [0.29, 0.717) is 6.54 Å². The standard InChI is InChI=1S/C12H15BrFNO2/c1-8(6-13)7-15-12(16)11-9(14)4-3-5-10(11)17-2/h3-5,8H,6-7H2,1-2H3,(H,15,16). The number of carbonyl (C=O) groups excluding carboxylic acids is 1. The van der Waals surface area contributed by atoms with E-state index in [1.165, 1.54) is 19.2 Å². The zero-order valence-electron chi connectivity index (χ0n) is 9.80. The van der Waals surface area contributed by atoms with Gasteiger partial charge in [-0.25, -0.2) is 4.39 Å². The molecule has 3 nitrogen and oxygen atoms in total. The number of carbonyl (C=O) groups is 1. The number of nitrogens with one attached hydrogen (secondary N) is 1. The molecule has 0 aliphatic carbocycles. The normalized spacial score (nSPS) is 12.0. The lowest BCUT2D eigenvalue weighted by Crippen LogP contribution is -2.29. The molecule has 1 N–H and O–H groups in total. The van der Waals surface area contributed by atoms with Gasteiger partial charge in [-0.1, -0.05) is 28.9 Å². The van der Waals surface area contributed by atoms with Crippen LogP contribution in [0.4, 0.5) is 4.39 Å². The number of alkyl halides is 1. The zero-order chi connectivity index (χ0) is 12.8. The second-order valence-corrected chi connectivity index (χ2v) is 4.43. The summed E-state index contributed by atoms with van der Waals surface area (Å²) < 4.78 is 18.5. The van der Waals surface area contributed by atoms with E-state index in [1.54, 1.807) is 6.07 Å². The SMILES string of the molecule is COc1cccc(F)c1C(=O)NCC(C)CBr. The van der Waals surface area contributed by atoms with Crippen LogP contribution >= 0.6 is 15.9 Å². The molecule has 94 valence electrons. The highest BCUT2D eigenvalue weighted by Gasteiger charge is 2.17. The topological polar surface area (TPSA) is 38.3 Å². The molecule has 0 saturated carbocycles. The molecule has 0 saturated heterocycles. The molecule has 0 radical (unpaired) electrons. The Kier molecular flexibility index (Phi) is 5.41. The smallest absolute Gasteiger partial charge is 0.258 e. The summed E-state index contributed by atoms with van der Waals surface area (Å²) in [5.74, 6) is -0.494. The Morgan fingerprint density at radius 1 is 1.59 bits per heavy atom. The molecule has 0 fully saturated rings. The third-order valence-electron chi connectivity index (χ3n) is 2.30. The number of rotatable bonds is 5. The van der Waals surface area contributed by atoms with Gasteiger partial charge in [0.25, 0.3) is 5.91 Å². The first kappa shape index (κ1) is 14.0. The summed E-state index contributed by atoms with van der Waals surface area (Å²) in [6.07, 6.45) is 0. The van der Waals surface area contributed by atoms with Crippen molar-refractivity contribution in [3.05, 3.63) is 29.6 Å². The van der Waals surface area contributed by atoms with E-state index in [0.717, 1.165) is 5.33 Å². The Bertz CT molecular complexity index is 398. The van der Waals surface area contributed by atoms with Gasteiger partial charge < -0.3 is 10.1 Å². The van der Waals surface area contributed by atoms with Crippen molar-refractivity contribution in [3.63, 3.8) is 0 Å². The molecule has 17 heavy (non-hydrogen) atoms. The zero-order valence-corrected chi connectivity index (χ0v) is 11.4. The van der Waals surface area contributed by atoms with Gasteiger partial charge in [-0.3, -0.25) is 4.79 Å². The highest BCUT2D eigenvalue weighted by Crippen LogP contribution is 2.20. The largest absolute Gasteiger partial charge is 0.496 e. The maximum Gasteiger partial charge on any atom is 0.258 e. The number of ether oxygens (including phenoxy) is 1. The predicted octanol–water partition coefficient (Wildman–Crippen LogP) is 2.60. The van der Waals surface area contributed by atoms with Gasteiger partial charge >= 0.3 is 0 Å². The van der Waals surface area contributed by atoms with Crippen LogP contribution in [0, 0.1) is 11.7 Å². The Hall–Kier alpha value is -1.10. The lowest BCUT2D eigenvalue weighted by atomic mass is 10.1. The minimum absolute atomic E-state index is 0.0447. The van der Waals surface area contributed by atoms with Crippen LogP contribution in [0.2, 0.25) is 0 Å². The number of hydrogen-bond donors (Lipinski definition) is 1. The van der Waals surface area contributed by atoms with Gasteiger partial charge in [0, 0.05) is 11.9 Å². The lowest BCUT2D eigenvalue weighted by Gasteiger charge is -2.12.